The third-order valence-corrected chi connectivity index (χ3v) is 1.80. The molecule has 0 saturated heterocycles. The SMILES string of the molecule is C=C(CC)[C@@H](C)NC(=O)OC(C)(C)C. The molecule has 0 saturated carbocycles. The number of ether oxygens (including phenoxy) is 1. The van der Waals surface area contributed by atoms with Crippen molar-refractivity contribution in [1.82, 2.24) is 5.32 Å². The molecule has 0 rings (SSSR count). The summed E-state index contributed by atoms with van der Waals surface area (Å²) in [7, 11) is 0. The van der Waals surface area contributed by atoms with E-state index in [1.807, 2.05) is 34.6 Å². The minimum Gasteiger partial charge on any atom is -0.444 e. The predicted octanol–water partition coefficient (Wildman–Crippen LogP) is 2.87. The van der Waals surface area contributed by atoms with Gasteiger partial charge in [-0.1, -0.05) is 19.1 Å². The summed E-state index contributed by atoms with van der Waals surface area (Å²) in [5.74, 6) is 0. The van der Waals surface area contributed by atoms with Gasteiger partial charge in [-0.3, -0.25) is 0 Å². The molecule has 0 aliphatic rings. The lowest BCUT2D eigenvalue weighted by atomic mass is 10.1. The summed E-state index contributed by atoms with van der Waals surface area (Å²) in [6.07, 6.45) is 0.469. The van der Waals surface area contributed by atoms with E-state index in [4.69, 9.17) is 4.74 Å². The van der Waals surface area contributed by atoms with Gasteiger partial charge in [-0.05, 0) is 34.1 Å². The molecule has 0 aromatic carbocycles. The number of carbonyl (C=O) groups excluding carboxylic acids is 1. The molecule has 0 aromatic rings. The van der Waals surface area contributed by atoms with E-state index in [2.05, 4.69) is 11.9 Å². The van der Waals surface area contributed by atoms with Crippen molar-refractivity contribution in [2.24, 2.45) is 0 Å². The second-order valence-electron chi connectivity index (χ2n) is 4.38. The molecule has 0 aliphatic heterocycles. The number of hydrogen-bond acceptors (Lipinski definition) is 2. The Labute approximate surface area is 86.5 Å². The van der Waals surface area contributed by atoms with Gasteiger partial charge in [0.2, 0.25) is 0 Å². The number of alkyl carbamates (subject to hydrolysis) is 1. The van der Waals surface area contributed by atoms with Crippen LogP contribution in [0, 0.1) is 0 Å². The molecular formula is C11H21NO2. The maximum Gasteiger partial charge on any atom is 0.408 e. The zero-order valence-electron chi connectivity index (χ0n) is 9.81. The first kappa shape index (κ1) is 13.0. The van der Waals surface area contributed by atoms with E-state index in [1.165, 1.54) is 0 Å². The van der Waals surface area contributed by atoms with Crippen LogP contribution < -0.4 is 5.32 Å². The minimum absolute atomic E-state index is 0.0325. The Kier molecular flexibility index (Phi) is 4.68. The topological polar surface area (TPSA) is 38.3 Å². The molecule has 0 aliphatic carbocycles. The van der Waals surface area contributed by atoms with Crippen molar-refractivity contribution in [2.75, 3.05) is 0 Å². The summed E-state index contributed by atoms with van der Waals surface area (Å²) in [4.78, 5) is 11.3. The molecule has 0 radical (unpaired) electrons. The summed E-state index contributed by atoms with van der Waals surface area (Å²) in [5, 5.41) is 2.73. The van der Waals surface area contributed by atoms with Gasteiger partial charge in [-0.25, -0.2) is 4.79 Å². The maximum absolute atomic E-state index is 11.3. The van der Waals surface area contributed by atoms with E-state index in [1.54, 1.807) is 0 Å². The zero-order chi connectivity index (χ0) is 11.4. The van der Waals surface area contributed by atoms with E-state index in [0.717, 1.165) is 12.0 Å². The fraction of sp³-hybridized carbons (Fsp3) is 0.727. The first-order valence-electron chi connectivity index (χ1n) is 4.93. The highest BCUT2D eigenvalue weighted by Crippen LogP contribution is 2.08. The van der Waals surface area contributed by atoms with Crippen LogP contribution in [0.25, 0.3) is 0 Å². The summed E-state index contributed by atoms with van der Waals surface area (Å²) < 4.78 is 5.11. The lowest BCUT2D eigenvalue weighted by molar-refractivity contribution is 0.0515. The maximum atomic E-state index is 11.3. The standard InChI is InChI=1S/C11H21NO2/c1-7-8(2)9(3)12-10(13)14-11(4,5)6/h9H,2,7H2,1,3-6H3,(H,12,13)/t9-/m1/s1. The molecule has 0 fully saturated rings. The van der Waals surface area contributed by atoms with Gasteiger partial charge >= 0.3 is 6.09 Å². The Hall–Kier alpha value is -0.990. The highest BCUT2D eigenvalue weighted by atomic mass is 16.6. The van der Waals surface area contributed by atoms with Gasteiger partial charge in [0.25, 0.3) is 0 Å². The van der Waals surface area contributed by atoms with Gasteiger partial charge in [0.1, 0.15) is 5.60 Å². The zero-order valence-corrected chi connectivity index (χ0v) is 9.81. The van der Waals surface area contributed by atoms with Crippen LogP contribution in [0.3, 0.4) is 0 Å². The first-order valence-corrected chi connectivity index (χ1v) is 4.93. The van der Waals surface area contributed by atoms with Crippen LogP contribution in [0.4, 0.5) is 4.79 Å². The Morgan fingerprint density at radius 2 is 2.00 bits per heavy atom. The largest absolute Gasteiger partial charge is 0.444 e. The lowest BCUT2D eigenvalue weighted by Gasteiger charge is -2.22. The van der Waals surface area contributed by atoms with Gasteiger partial charge in [-0.15, -0.1) is 0 Å². The van der Waals surface area contributed by atoms with Crippen LogP contribution in [0.1, 0.15) is 41.0 Å². The monoisotopic (exact) mass is 199 g/mol. The quantitative estimate of drug-likeness (QED) is 0.710. The van der Waals surface area contributed by atoms with E-state index in [-0.39, 0.29) is 12.1 Å². The molecule has 0 aromatic heterocycles. The smallest absolute Gasteiger partial charge is 0.408 e. The lowest BCUT2D eigenvalue weighted by Crippen LogP contribution is -2.38. The van der Waals surface area contributed by atoms with Gasteiger partial charge < -0.3 is 10.1 Å². The van der Waals surface area contributed by atoms with Crippen LogP contribution in [-0.4, -0.2) is 17.7 Å². The molecule has 3 nitrogen and oxygen atoms in total. The Morgan fingerprint density at radius 3 is 2.36 bits per heavy atom. The number of amides is 1. The Balaban J connectivity index is 4.01. The molecule has 0 unspecified atom stereocenters. The fourth-order valence-electron chi connectivity index (χ4n) is 0.893. The number of rotatable bonds is 3. The summed E-state index contributed by atoms with van der Waals surface area (Å²) >= 11 is 0. The average Bonchev–Trinajstić information content (AvgIpc) is 1.99. The predicted molar refractivity (Wildman–Crippen MR) is 58.3 cm³/mol. The van der Waals surface area contributed by atoms with Crippen LogP contribution >= 0.6 is 0 Å². The molecule has 1 atom stereocenters. The molecule has 14 heavy (non-hydrogen) atoms. The third kappa shape index (κ3) is 5.62. The highest BCUT2D eigenvalue weighted by molar-refractivity contribution is 5.68. The van der Waals surface area contributed by atoms with Crippen molar-refractivity contribution >= 4 is 6.09 Å². The average molecular weight is 199 g/mol. The highest BCUT2D eigenvalue weighted by Gasteiger charge is 2.17. The van der Waals surface area contributed by atoms with Crippen molar-refractivity contribution in [3.63, 3.8) is 0 Å². The second kappa shape index (κ2) is 5.03. The summed E-state index contributed by atoms with van der Waals surface area (Å²) in [6, 6.07) is -0.0325. The van der Waals surface area contributed by atoms with E-state index < -0.39 is 5.60 Å². The van der Waals surface area contributed by atoms with Crippen LogP contribution in [0.15, 0.2) is 12.2 Å². The number of carbonyl (C=O) groups is 1. The molecule has 82 valence electrons. The molecule has 1 N–H and O–H groups in total. The van der Waals surface area contributed by atoms with Crippen molar-refractivity contribution in [3.05, 3.63) is 12.2 Å². The third-order valence-electron chi connectivity index (χ3n) is 1.80. The Bertz CT molecular complexity index is 216. The molecule has 0 heterocycles. The second-order valence-corrected chi connectivity index (χ2v) is 4.38. The van der Waals surface area contributed by atoms with Crippen molar-refractivity contribution in [2.45, 2.75) is 52.7 Å². The van der Waals surface area contributed by atoms with Crippen molar-refractivity contribution < 1.29 is 9.53 Å². The number of nitrogens with one attached hydrogen (secondary N) is 1. The van der Waals surface area contributed by atoms with Crippen LogP contribution in [-0.2, 0) is 4.74 Å². The molecule has 0 bridgehead atoms. The van der Waals surface area contributed by atoms with E-state index in [0.29, 0.717) is 0 Å². The molecule has 1 amide bonds. The van der Waals surface area contributed by atoms with Crippen molar-refractivity contribution in [3.8, 4) is 0 Å². The molecule has 0 spiro atoms. The molecular weight excluding hydrogens is 178 g/mol. The van der Waals surface area contributed by atoms with Crippen LogP contribution in [0.5, 0.6) is 0 Å². The van der Waals surface area contributed by atoms with Gasteiger partial charge in [0, 0.05) is 0 Å². The van der Waals surface area contributed by atoms with Crippen LogP contribution in [0.2, 0.25) is 0 Å². The summed E-state index contributed by atoms with van der Waals surface area (Å²) in [6.45, 7) is 13.3. The summed E-state index contributed by atoms with van der Waals surface area (Å²) in [5.41, 5.74) is 0.549. The normalized spacial score (nSPS) is 13.2. The van der Waals surface area contributed by atoms with Gasteiger partial charge in [0.05, 0.1) is 6.04 Å². The fourth-order valence-corrected chi connectivity index (χ4v) is 0.893. The van der Waals surface area contributed by atoms with E-state index in [9.17, 15) is 4.79 Å². The minimum atomic E-state index is -0.447. The van der Waals surface area contributed by atoms with Gasteiger partial charge in [0.15, 0.2) is 0 Å². The van der Waals surface area contributed by atoms with E-state index >= 15 is 0 Å². The van der Waals surface area contributed by atoms with Crippen molar-refractivity contribution in [1.29, 1.82) is 0 Å². The molecule has 3 heteroatoms. The number of hydrogen-bond donors (Lipinski definition) is 1. The first-order chi connectivity index (χ1) is 6.26. The Morgan fingerprint density at radius 1 is 1.50 bits per heavy atom. The van der Waals surface area contributed by atoms with Gasteiger partial charge in [-0.2, -0.15) is 0 Å².